The van der Waals surface area contributed by atoms with E-state index in [0.717, 1.165) is 16.5 Å². The van der Waals surface area contributed by atoms with Crippen LogP contribution in [-0.4, -0.2) is 12.6 Å². The Kier molecular flexibility index (Phi) is 6.22. The lowest BCUT2D eigenvalue weighted by molar-refractivity contribution is 0.244. The van der Waals surface area contributed by atoms with Gasteiger partial charge in [0, 0.05) is 17.2 Å². The molecule has 0 atom stereocenters. The minimum absolute atomic E-state index is 0.193. The number of halogens is 1. The number of hydrogen-bond donors (Lipinski definition) is 2. The Labute approximate surface area is 139 Å². The highest BCUT2D eigenvalue weighted by Gasteiger charge is 1.99. The number of hydrogen-bond acceptors (Lipinski definition) is 1. The van der Waals surface area contributed by atoms with Crippen LogP contribution in [0.5, 0.6) is 0 Å². The highest BCUT2D eigenvalue weighted by molar-refractivity contribution is 9.10. The Balaban J connectivity index is 1.72. The van der Waals surface area contributed by atoms with Crippen LogP contribution in [0.3, 0.4) is 0 Å². The van der Waals surface area contributed by atoms with Gasteiger partial charge in [-0.25, -0.2) is 4.79 Å². The minimum Gasteiger partial charge on any atom is -0.338 e. The molecule has 0 saturated heterocycles. The molecule has 0 aliphatic carbocycles. The molecule has 2 aromatic rings. The Hall–Kier alpha value is -2.07. The van der Waals surface area contributed by atoms with Crippen molar-refractivity contribution in [1.82, 2.24) is 10.6 Å². The molecule has 0 saturated carbocycles. The predicted molar refractivity (Wildman–Crippen MR) is 94.6 cm³/mol. The molecule has 0 unspecified atom stereocenters. The molecule has 2 amide bonds. The molecular weight excluding hydrogens is 340 g/mol. The lowest BCUT2D eigenvalue weighted by Gasteiger charge is -2.07. The Morgan fingerprint density at radius 2 is 1.86 bits per heavy atom. The van der Waals surface area contributed by atoms with Gasteiger partial charge in [-0.15, -0.1) is 0 Å². The summed E-state index contributed by atoms with van der Waals surface area (Å²) in [6.07, 6.45) is 4.33. The van der Waals surface area contributed by atoms with E-state index in [1.165, 1.54) is 11.1 Å². The van der Waals surface area contributed by atoms with Crippen molar-refractivity contribution < 1.29 is 4.79 Å². The molecule has 0 aliphatic heterocycles. The van der Waals surface area contributed by atoms with E-state index in [2.05, 4.69) is 45.6 Å². The summed E-state index contributed by atoms with van der Waals surface area (Å²) in [5.74, 6) is 0. The van der Waals surface area contributed by atoms with Gasteiger partial charge in [0.1, 0.15) is 0 Å². The second-order valence-corrected chi connectivity index (χ2v) is 5.88. The van der Waals surface area contributed by atoms with Crippen molar-refractivity contribution in [3.8, 4) is 0 Å². The summed E-state index contributed by atoms with van der Waals surface area (Å²) < 4.78 is 1.03. The summed E-state index contributed by atoms with van der Waals surface area (Å²) in [5, 5.41) is 5.55. The zero-order chi connectivity index (χ0) is 15.8. The number of aryl methyl sites for hydroxylation is 1. The first-order chi connectivity index (χ1) is 10.6. The number of carbonyl (C=O) groups is 1. The van der Waals surface area contributed by atoms with E-state index in [1.807, 2.05) is 42.5 Å². The van der Waals surface area contributed by atoms with Gasteiger partial charge in [0.05, 0.1) is 0 Å². The Bertz CT molecular complexity index is 650. The largest absolute Gasteiger partial charge is 0.338 e. The van der Waals surface area contributed by atoms with Crippen molar-refractivity contribution in [2.24, 2.45) is 0 Å². The fourth-order valence-electron chi connectivity index (χ4n) is 2.04. The van der Waals surface area contributed by atoms with Crippen LogP contribution in [-0.2, 0) is 6.42 Å². The van der Waals surface area contributed by atoms with Crippen LogP contribution >= 0.6 is 15.9 Å². The third-order valence-electron chi connectivity index (χ3n) is 3.30. The van der Waals surface area contributed by atoms with E-state index < -0.39 is 0 Å². The lowest BCUT2D eigenvalue weighted by atomic mass is 10.1. The fraction of sp³-hybridized carbons (Fsp3) is 0.167. The maximum atomic E-state index is 11.7. The molecule has 2 aromatic carbocycles. The normalized spacial score (nSPS) is 10.6. The van der Waals surface area contributed by atoms with E-state index in [4.69, 9.17) is 0 Å². The first-order valence-corrected chi connectivity index (χ1v) is 7.95. The molecule has 0 heterocycles. The summed E-state index contributed by atoms with van der Waals surface area (Å²) in [6, 6.07) is 15.9. The average Bonchev–Trinajstić information content (AvgIpc) is 2.51. The van der Waals surface area contributed by atoms with E-state index in [-0.39, 0.29) is 6.03 Å². The molecule has 0 aliphatic rings. The number of rotatable bonds is 5. The second kappa shape index (κ2) is 8.39. The average molecular weight is 359 g/mol. The molecule has 2 N–H and O–H groups in total. The summed E-state index contributed by atoms with van der Waals surface area (Å²) in [4.78, 5) is 11.7. The van der Waals surface area contributed by atoms with Gasteiger partial charge in [0.15, 0.2) is 0 Å². The third kappa shape index (κ3) is 5.37. The van der Waals surface area contributed by atoms with Crippen LogP contribution in [0.1, 0.15) is 16.7 Å². The SMILES string of the molecule is Cc1ccccc1CCNC(=O)N/C=C/c1ccc(Br)cc1. The van der Waals surface area contributed by atoms with Gasteiger partial charge < -0.3 is 10.6 Å². The zero-order valence-electron chi connectivity index (χ0n) is 12.5. The van der Waals surface area contributed by atoms with Crippen molar-refractivity contribution in [1.29, 1.82) is 0 Å². The summed E-state index contributed by atoms with van der Waals surface area (Å²) >= 11 is 3.39. The molecule has 0 aromatic heterocycles. The third-order valence-corrected chi connectivity index (χ3v) is 3.83. The van der Waals surface area contributed by atoms with Gasteiger partial charge >= 0.3 is 6.03 Å². The number of urea groups is 1. The molecule has 114 valence electrons. The Morgan fingerprint density at radius 1 is 1.14 bits per heavy atom. The number of nitrogens with one attached hydrogen (secondary N) is 2. The topological polar surface area (TPSA) is 41.1 Å². The van der Waals surface area contributed by atoms with Gasteiger partial charge in [0.25, 0.3) is 0 Å². The van der Waals surface area contributed by atoms with Crippen LogP contribution < -0.4 is 10.6 Å². The van der Waals surface area contributed by atoms with Crippen molar-refractivity contribution >= 4 is 28.0 Å². The summed E-state index contributed by atoms with van der Waals surface area (Å²) in [6.45, 7) is 2.69. The zero-order valence-corrected chi connectivity index (χ0v) is 14.1. The molecular formula is C18H19BrN2O. The fourth-order valence-corrected chi connectivity index (χ4v) is 2.30. The minimum atomic E-state index is -0.193. The molecule has 0 spiro atoms. The molecule has 22 heavy (non-hydrogen) atoms. The van der Waals surface area contributed by atoms with Crippen molar-refractivity contribution in [3.63, 3.8) is 0 Å². The molecule has 0 radical (unpaired) electrons. The number of carbonyl (C=O) groups excluding carboxylic acids is 1. The highest BCUT2D eigenvalue weighted by Crippen LogP contribution is 2.11. The van der Waals surface area contributed by atoms with Gasteiger partial charge in [0.2, 0.25) is 0 Å². The van der Waals surface area contributed by atoms with Gasteiger partial charge in [-0.1, -0.05) is 52.3 Å². The van der Waals surface area contributed by atoms with Crippen LogP contribution in [0.15, 0.2) is 59.2 Å². The quantitative estimate of drug-likeness (QED) is 0.823. The van der Waals surface area contributed by atoms with Crippen LogP contribution in [0.4, 0.5) is 4.79 Å². The highest BCUT2D eigenvalue weighted by atomic mass is 79.9. The predicted octanol–water partition coefficient (Wildman–Crippen LogP) is 4.27. The van der Waals surface area contributed by atoms with E-state index in [1.54, 1.807) is 6.20 Å². The molecule has 3 nitrogen and oxygen atoms in total. The molecule has 4 heteroatoms. The summed E-state index contributed by atoms with van der Waals surface area (Å²) in [7, 11) is 0. The van der Waals surface area contributed by atoms with E-state index in [9.17, 15) is 4.79 Å². The van der Waals surface area contributed by atoms with Gasteiger partial charge in [-0.05, 0) is 48.2 Å². The number of amides is 2. The number of benzene rings is 2. The summed E-state index contributed by atoms with van der Waals surface area (Å²) in [5.41, 5.74) is 3.54. The van der Waals surface area contributed by atoms with Crippen LogP contribution in [0, 0.1) is 6.92 Å². The maximum absolute atomic E-state index is 11.7. The van der Waals surface area contributed by atoms with E-state index >= 15 is 0 Å². The molecule has 0 bridgehead atoms. The Morgan fingerprint density at radius 3 is 2.59 bits per heavy atom. The molecule has 2 rings (SSSR count). The van der Waals surface area contributed by atoms with Crippen molar-refractivity contribution in [3.05, 3.63) is 75.9 Å². The first-order valence-electron chi connectivity index (χ1n) is 7.16. The smallest absolute Gasteiger partial charge is 0.318 e. The van der Waals surface area contributed by atoms with Crippen molar-refractivity contribution in [2.75, 3.05) is 6.54 Å². The molecule has 0 fully saturated rings. The van der Waals surface area contributed by atoms with Crippen LogP contribution in [0.2, 0.25) is 0 Å². The second-order valence-electron chi connectivity index (χ2n) is 4.96. The monoisotopic (exact) mass is 358 g/mol. The maximum Gasteiger partial charge on any atom is 0.318 e. The van der Waals surface area contributed by atoms with E-state index in [0.29, 0.717) is 6.54 Å². The van der Waals surface area contributed by atoms with Crippen LogP contribution in [0.25, 0.3) is 6.08 Å². The van der Waals surface area contributed by atoms with Gasteiger partial charge in [-0.2, -0.15) is 0 Å². The van der Waals surface area contributed by atoms with Gasteiger partial charge in [-0.3, -0.25) is 0 Å². The van der Waals surface area contributed by atoms with Crippen molar-refractivity contribution in [2.45, 2.75) is 13.3 Å². The lowest BCUT2D eigenvalue weighted by Crippen LogP contribution is -2.33. The standard InChI is InChI=1S/C18H19BrN2O/c1-14-4-2-3-5-16(14)11-13-21-18(22)20-12-10-15-6-8-17(19)9-7-15/h2-10,12H,11,13H2,1H3,(H2,20,21,22)/b12-10+. The first kappa shape index (κ1) is 16.3.